The number of hydrogen-bond acceptors (Lipinski definition) is 3. The lowest BCUT2D eigenvalue weighted by atomic mass is 10.2. The zero-order valence-electron chi connectivity index (χ0n) is 8.91. The highest BCUT2D eigenvalue weighted by Gasteiger charge is 2.16. The number of carbonyl (C=O) groups is 2. The number of carboxylic acids is 1. The lowest BCUT2D eigenvalue weighted by Crippen LogP contribution is -2.34. The summed E-state index contributed by atoms with van der Waals surface area (Å²) in [6.07, 6.45) is 0.659. The van der Waals surface area contributed by atoms with Crippen LogP contribution in [0.3, 0.4) is 0 Å². The van der Waals surface area contributed by atoms with Crippen LogP contribution in [0.2, 0.25) is 5.15 Å². The van der Waals surface area contributed by atoms with E-state index < -0.39 is 23.7 Å². The average molecular weight is 261 g/mol. The lowest BCUT2D eigenvalue weighted by molar-refractivity contribution is -0.137. The number of amides is 1. The van der Waals surface area contributed by atoms with E-state index in [0.717, 1.165) is 12.3 Å². The monoisotopic (exact) mass is 260 g/mol. The van der Waals surface area contributed by atoms with Crippen LogP contribution in [0.15, 0.2) is 12.3 Å². The highest BCUT2D eigenvalue weighted by molar-refractivity contribution is 6.32. The average Bonchev–Trinajstić information content (AvgIpc) is 2.20. The van der Waals surface area contributed by atoms with Gasteiger partial charge in [-0.3, -0.25) is 9.59 Å². The van der Waals surface area contributed by atoms with Crippen molar-refractivity contribution in [2.24, 2.45) is 0 Å². The van der Waals surface area contributed by atoms with E-state index in [1.54, 1.807) is 0 Å². The van der Waals surface area contributed by atoms with Crippen molar-refractivity contribution in [3.05, 3.63) is 28.8 Å². The lowest BCUT2D eigenvalue weighted by Gasteiger charge is -2.11. The maximum absolute atomic E-state index is 12.9. The Kier molecular flexibility index (Phi) is 4.39. The molecule has 1 rings (SSSR count). The highest BCUT2D eigenvalue weighted by Crippen LogP contribution is 2.13. The summed E-state index contributed by atoms with van der Waals surface area (Å²) in [6, 6.07) is 0.359. The van der Waals surface area contributed by atoms with Crippen LogP contribution >= 0.6 is 11.6 Å². The van der Waals surface area contributed by atoms with Crippen LogP contribution in [0.25, 0.3) is 0 Å². The summed E-state index contributed by atoms with van der Waals surface area (Å²) in [4.78, 5) is 25.5. The van der Waals surface area contributed by atoms with E-state index in [1.807, 2.05) is 0 Å². The predicted octanol–water partition coefficient (Wildman–Crippen LogP) is 1.47. The molecular weight excluding hydrogens is 251 g/mol. The van der Waals surface area contributed by atoms with Crippen molar-refractivity contribution in [1.82, 2.24) is 10.3 Å². The summed E-state index contributed by atoms with van der Waals surface area (Å²) in [5.74, 6) is -2.39. The molecule has 0 radical (unpaired) electrons. The third-order valence-corrected chi connectivity index (χ3v) is 2.21. The predicted molar refractivity (Wildman–Crippen MR) is 58.4 cm³/mol. The van der Waals surface area contributed by atoms with Gasteiger partial charge >= 0.3 is 5.97 Å². The molecule has 2 N–H and O–H groups in total. The molecule has 17 heavy (non-hydrogen) atoms. The molecule has 0 saturated carbocycles. The minimum absolute atomic E-state index is 0.121. The Bertz CT molecular complexity index is 453. The first-order valence-electron chi connectivity index (χ1n) is 4.74. The normalized spacial score (nSPS) is 11.9. The molecular formula is C10H10ClFN2O3. The number of nitrogens with one attached hydrogen (secondary N) is 1. The number of halogens is 2. The van der Waals surface area contributed by atoms with Crippen molar-refractivity contribution in [3.8, 4) is 0 Å². The van der Waals surface area contributed by atoms with Gasteiger partial charge in [0.05, 0.1) is 18.2 Å². The quantitative estimate of drug-likeness (QED) is 0.804. The summed E-state index contributed by atoms with van der Waals surface area (Å²) >= 11 is 5.63. The standard InChI is InChI=1S/C10H10ClFN2O3/c1-5(2-8(15)16)14-10(17)7-3-6(12)4-13-9(7)11/h3-5H,2H2,1H3,(H,14,17)(H,15,16). The molecule has 0 aliphatic heterocycles. The number of nitrogens with zero attached hydrogens (tertiary/aromatic N) is 1. The van der Waals surface area contributed by atoms with E-state index in [4.69, 9.17) is 16.7 Å². The van der Waals surface area contributed by atoms with Crippen LogP contribution < -0.4 is 5.32 Å². The Balaban J connectivity index is 2.76. The van der Waals surface area contributed by atoms with Gasteiger partial charge in [0.25, 0.3) is 5.91 Å². The van der Waals surface area contributed by atoms with E-state index >= 15 is 0 Å². The number of aromatic nitrogens is 1. The SMILES string of the molecule is CC(CC(=O)O)NC(=O)c1cc(F)cnc1Cl. The molecule has 0 aliphatic carbocycles. The van der Waals surface area contributed by atoms with Crippen LogP contribution in [-0.2, 0) is 4.79 Å². The maximum atomic E-state index is 12.9. The van der Waals surface area contributed by atoms with E-state index in [1.165, 1.54) is 6.92 Å². The fraction of sp³-hybridized carbons (Fsp3) is 0.300. The Hall–Kier alpha value is -1.69. The molecule has 0 spiro atoms. The van der Waals surface area contributed by atoms with E-state index in [2.05, 4.69) is 10.3 Å². The van der Waals surface area contributed by atoms with E-state index in [-0.39, 0.29) is 17.1 Å². The van der Waals surface area contributed by atoms with Crippen LogP contribution in [-0.4, -0.2) is 28.0 Å². The smallest absolute Gasteiger partial charge is 0.305 e. The molecule has 92 valence electrons. The molecule has 1 heterocycles. The van der Waals surface area contributed by atoms with Gasteiger partial charge in [-0.15, -0.1) is 0 Å². The third kappa shape index (κ3) is 3.99. The molecule has 1 amide bonds. The third-order valence-electron chi connectivity index (χ3n) is 1.91. The molecule has 5 nitrogen and oxygen atoms in total. The van der Waals surface area contributed by atoms with Gasteiger partial charge in [-0.25, -0.2) is 9.37 Å². The summed E-state index contributed by atoms with van der Waals surface area (Å²) in [6.45, 7) is 1.52. The molecule has 1 aromatic rings. The summed E-state index contributed by atoms with van der Waals surface area (Å²) in [7, 11) is 0. The second kappa shape index (κ2) is 5.58. The van der Waals surface area contributed by atoms with Gasteiger partial charge in [0.2, 0.25) is 0 Å². The van der Waals surface area contributed by atoms with Crippen LogP contribution in [0.4, 0.5) is 4.39 Å². The van der Waals surface area contributed by atoms with Gasteiger partial charge in [-0.05, 0) is 13.0 Å². The Morgan fingerprint density at radius 1 is 1.65 bits per heavy atom. The zero-order valence-corrected chi connectivity index (χ0v) is 9.66. The topological polar surface area (TPSA) is 79.3 Å². The molecule has 0 bridgehead atoms. The van der Waals surface area contributed by atoms with Gasteiger partial charge in [0.15, 0.2) is 0 Å². The second-order valence-electron chi connectivity index (χ2n) is 3.46. The van der Waals surface area contributed by atoms with Crippen molar-refractivity contribution in [1.29, 1.82) is 0 Å². The number of aliphatic carboxylic acids is 1. The fourth-order valence-electron chi connectivity index (χ4n) is 1.20. The zero-order chi connectivity index (χ0) is 13.0. The minimum Gasteiger partial charge on any atom is -0.481 e. The number of hydrogen-bond donors (Lipinski definition) is 2. The Labute approximate surface area is 102 Å². The number of rotatable bonds is 4. The van der Waals surface area contributed by atoms with E-state index in [9.17, 15) is 14.0 Å². The fourth-order valence-corrected chi connectivity index (χ4v) is 1.39. The molecule has 0 fully saturated rings. The Morgan fingerprint density at radius 2 is 2.29 bits per heavy atom. The number of pyridine rings is 1. The van der Waals surface area contributed by atoms with Gasteiger partial charge < -0.3 is 10.4 Å². The maximum Gasteiger partial charge on any atom is 0.305 e. The molecule has 0 aromatic carbocycles. The Morgan fingerprint density at radius 3 is 2.88 bits per heavy atom. The van der Waals surface area contributed by atoms with Crippen molar-refractivity contribution in [2.45, 2.75) is 19.4 Å². The first kappa shape index (κ1) is 13.4. The molecule has 1 unspecified atom stereocenters. The largest absolute Gasteiger partial charge is 0.481 e. The van der Waals surface area contributed by atoms with Crippen LogP contribution in [0.1, 0.15) is 23.7 Å². The van der Waals surface area contributed by atoms with Crippen molar-refractivity contribution >= 4 is 23.5 Å². The molecule has 1 aromatic heterocycles. The van der Waals surface area contributed by atoms with E-state index in [0.29, 0.717) is 0 Å². The van der Waals surface area contributed by atoms with Crippen molar-refractivity contribution < 1.29 is 19.1 Å². The molecule has 0 aliphatic rings. The first-order valence-corrected chi connectivity index (χ1v) is 5.11. The molecule has 1 atom stereocenters. The summed E-state index contributed by atoms with van der Waals surface area (Å²) in [5.41, 5.74) is -0.121. The van der Waals surface area contributed by atoms with Gasteiger partial charge in [0, 0.05) is 6.04 Å². The highest BCUT2D eigenvalue weighted by atomic mass is 35.5. The van der Waals surface area contributed by atoms with Crippen LogP contribution in [0.5, 0.6) is 0 Å². The number of carbonyl (C=O) groups excluding carboxylic acids is 1. The second-order valence-corrected chi connectivity index (χ2v) is 3.82. The van der Waals surface area contributed by atoms with Gasteiger partial charge in [-0.2, -0.15) is 0 Å². The summed E-state index contributed by atoms with van der Waals surface area (Å²) < 4.78 is 12.9. The number of carboxylic acid groups (broad SMARTS) is 1. The van der Waals surface area contributed by atoms with Crippen molar-refractivity contribution in [3.63, 3.8) is 0 Å². The molecule has 7 heteroatoms. The van der Waals surface area contributed by atoms with Crippen LogP contribution in [0, 0.1) is 5.82 Å². The summed E-state index contributed by atoms with van der Waals surface area (Å²) in [5, 5.41) is 10.8. The van der Waals surface area contributed by atoms with Gasteiger partial charge in [0.1, 0.15) is 11.0 Å². The van der Waals surface area contributed by atoms with Crippen molar-refractivity contribution in [2.75, 3.05) is 0 Å². The minimum atomic E-state index is -1.04. The first-order chi connectivity index (χ1) is 7.90. The van der Waals surface area contributed by atoms with Gasteiger partial charge in [-0.1, -0.05) is 11.6 Å². The molecule has 0 saturated heterocycles.